The molecule has 0 saturated carbocycles. The number of aromatic nitrogens is 1. The molecule has 3 aromatic rings. The van der Waals surface area contributed by atoms with Crippen molar-refractivity contribution in [2.24, 2.45) is 0 Å². The van der Waals surface area contributed by atoms with E-state index in [1.54, 1.807) is 17.0 Å². The van der Waals surface area contributed by atoms with Gasteiger partial charge in [0.15, 0.2) is 24.8 Å². The first kappa shape index (κ1) is 28.5. The van der Waals surface area contributed by atoms with Gasteiger partial charge in [0, 0.05) is 30.8 Å². The van der Waals surface area contributed by atoms with Crippen molar-refractivity contribution in [3.05, 3.63) is 47.5 Å². The fourth-order valence-corrected chi connectivity index (χ4v) is 6.86. The van der Waals surface area contributed by atoms with Gasteiger partial charge in [0.1, 0.15) is 0 Å². The van der Waals surface area contributed by atoms with Gasteiger partial charge in [0.2, 0.25) is 5.91 Å². The fourth-order valence-electron chi connectivity index (χ4n) is 3.66. The first-order chi connectivity index (χ1) is 16.9. The average molecular weight is 572 g/mol. The zero-order valence-electron chi connectivity index (χ0n) is 20.5. The number of anilines is 1. The van der Waals surface area contributed by atoms with Crippen molar-refractivity contribution in [2.45, 2.75) is 36.5 Å². The maximum absolute atomic E-state index is 13.3. The smallest absolute Gasteiger partial charge is 0.228 e. The molecule has 12 heteroatoms. The number of thiazole rings is 1. The number of halogens is 1. The number of likely N-dealkylation sites (N-methyl/N-ethyl adjacent to an activating group) is 1. The van der Waals surface area contributed by atoms with E-state index < -0.39 is 19.7 Å². The van der Waals surface area contributed by atoms with Crippen LogP contribution in [0.4, 0.5) is 5.13 Å². The summed E-state index contributed by atoms with van der Waals surface area (Å²) in [6.45, 7) is 6.77. The lowest BCUT2D eigenvalue weighted by molar-refractivity contribution is -0.118. The first-order valence-electron chi connectivity index (χ1n) is 11.6. The molecule has 1 heterocycles. The highest BCUT2D eigenvalue weighted by atomic mass is 35.5. The lowest BCUT2D eigenvalue weighted by Gasteiger charge is -2.24. The number of carbonyl (C=O) groups is 1. The minimum Gasteiger partial charge on any atom is -0.302 e. The normalized spacial score (nSPS) is 12.4. The second-order valence-corrected chi connectivity index (χ2v) is 13.9. The third kappa shape index (κ3) is 7.25. The fraction of sp³-hybridized carbons (Fsp3) is 0.417. The number of benzene rings is 2. The zero-order valence-corrected chi connectivity index (χ0v) is 23.7. The highest BCUT2D eigenvalue weighted by Crippen LogP contribution is 2.31. The first-order valence-corrected chi connectivity index (χ1v) is 16.3. The van der Waals surface area contributed by atoms with Gasteiger partial charge in [-0.2, -0.15) is 0 Å². The Morgan fingerprint density at radius 2 is 1.61 bits per heavy atom. The van der Waals surface area contributed by atoms with Crippen molar-refractivity contribution in [2.75, 3.05) is 43.1 Å². The predicted molar refractivity (Wildman–Crippen MR) is 146 cm³/mol. The summed E-state index contributed by atoms with van der Waals surface area (Å²) in [7, 11) is -6.92. The Kier molecular flexibility index (Phi) is 9.50. The SMILES string of the molecule is CCN(CC)CCN(C(=O)CCCS(=O)(=O)c1ccc(Cl)cc1)c1nc2ccc(S(C)(=O)=O)cc2s1. The highest BCUT2D eigenvalue weighted by molar-refractivity contribution is 7.91. The minimum atomic E-state index is -3.54. The van der Waals surface area contributed by atoms with E-state index in [9.17, 15) is 21.6 Å². The van der Waals surface area contributed by atoms with Crippen molar-refractivity contribution in [3.63, 3.8) is 0 Å². The Labute approximate surface area is 221 Å². The molecular weight excluding hydrogens is 542 g/mol. The van der Waals surface area contributed by atoms with Gasteiger partial charge in [-0.05, 0) is 62.0 Å². The molecule has 0 aliphatic rings. The molecule has 1 amide bonds. The summed E-state index contributed by atoms with van der Waals surface area (Å²) in [4.78, 5) is 22.0. The predicted octanol–water partition coefficient (Wildman–Crippen LogP) is 4.28. The van der Waals surface area contributed by atoms with Gasteiger partial charge >= 0.3 is 0 Å². The van der Waals surface area contributed by atoms with Crippen LogP contribution in [0.1, 0.15) is 26.7 Å². The minimum absolute atomic E-state index is 0.0373. The van der Waals surface area contributed by atoms with Crippen molar-refractivity contribution in [3.8, 4) is 0 Å². The van der Waals surface area contributed by atoms with E-state index in [1.165, 1.54) is 41.7 Å². The maximum atomic E-state index is 13.3. The topological polar surface area (TPSA) is 105 Å². The number of nitrogens with zero attached hydrogens (tertiary/aromatic N) is 3. The van der Waals surface area contributed by atoms with E-state index in [-0.39, 0.29) is 34.3 Å². The molecule has 8 nitrogen and oxygen atoms in total. The molecule has 2 aromatic carbocycles. The van der Waals surface area contributed by atoms with Crippen molar-refractivity contribution in [1.82, 2.24) is 9.88 Å². The molecule has 36 heavy (non-hydrogen) atoms. The van der Waals surface area contributed by atoms with Gasteiger partial charge in [-0.1, -0.05) is 36.8 Å². The molecule has 3 rings (SSSR count). The molecule has 1 aromatic heterocycles. The van der Waals surface area contributed by atoms with Crippen molar-refractivity contribution >= 4 is 63.9 Å². The van der Waals surface area contributed by atoms with Gasteiger partial charge in [0.05, 0.1) is 25.8 Å². The molecule has 0 saturated heterocycles. The third-order valence-electron chi connectivity index (χ3n) is 5.82. The van der Waals surface area contributed by atoms with Crippen LogP contribution in [0, 0.1) is 0 Å². The van der Waals surface area contributed by atoms with E-state index in [0.717, 1.165) is 19.3 Å². The number of sulfone groups is 2. The van der Waals surface area contributed by atoms with E-state index in [0.29, 0.717) is 33.5 Å². The summed E-state index contributed by atoms with van der Waals surface area (Å²) >= 11 is 7.10. The highest BCUT2D eigenvalue weighted by Gasteiger charge is 2.22. The second kappa shape index (κ2) is 12.0. The summed E-state index contributed by atoms with van der Waals surface area (Å²) in [5, 5.41) is 0.917. The zero-order chi connectivity index (χ0) is 26.5. The molecule has 0 radical (unpaired) electrons. The lowest BCUT2D eigenvalue weighted by Crippen LogP contribution is -2.38. The molecule has 0 bridgehead atoms. The molecule has 0 spiro atoms. The Hall–Kier alpha value is -2.05. The van der Waals surface area contributed by atoms with E-state index >= 15 is 0 Å². The van der Waals surface area contributed by atoms with Gasteiger partial charge in [-0.3, -0.25) is 9.69 Å². The summed E-state index contributed by atoms with van der Waals surface area (Å²) in [6, 6.07) is 10.7. The summed E-state index contributed by atoms with van der Waals surface area (Å²) < 4.78 is 49.9. The molecule has 196 valence electrons. The van der Waals surface area contributed by atoms with E-state index in [2.05, 4.69) is 9.88 Å². The van der Waals surface area contributed by atoms with Crippen LogP contribution in [-0.2, 0) is 24.5 Å². The van der Waals surface area contributed by atoms with Crippen LogP contribution in [0.15, 0.2) is 52.3 Å². The van der Waals surface area contributed by atoms with Crippen LogP contribution < -0.4 is 4.90 Å². The van der Waals surface area contributed by atoms with Gasteiger partial charge < -0.3 is 4.90 Å². The summed E-state index contributed by atoms with van der Waals surface area (Å²) in [6.07, 6.45) is 1.35. The molecule has 0 aliphatic heterocycles. The Bertz CT molecular complexity index is 1420. The molecule has 0 aliphatic carbocycles. The van der Waals surface area contributed by atoms with Gasteiger partial charge in [-0.15, -0.1) is 0 Å². The molecular formula is C24H30ClN3O5S3. The van der Waals surface area contributed by atoms with Gasteiger partial charge in [0.25, 0.3) is 0 Å². The Morgan fingerprint density at radius 1 is 0.972 bits per heavy atom. The number of carbonyl (C=O) groups excluding carboxylic acids is 1. The van der Waals surface area contributed by atoms with Crippen molar-refractivity contribution in [1.29, 1.82) is 0 Å². The standard InChI is InChI=1S/C24H30ClN3O5S3/c1-4-27(5-2)14-15-28(24-26-21-13-12-20(35(3,30)31)17-22(21)34-24)23(29)7-6-16-36(32,33)19-10-8-18(25)9-11-19/h8-13,17H,4-7,14-16H2,1-3H3. The van der Waals surface area contributed by atoms with Crippen molar-refractivity contribution < 1.29 is 21.6 Å². The monoisotopic (exact) mass is 571 g/mol. The summed E-state index contributed by atoms with van der Waals surface area (Å²) in [5.74, 6) is -0.391. The number of hydrogen-bond acceptors (Lipinski definition) is 8. The second-order valence-electron chi connectivity index (χ2n) is 8.35. The maximum Gasteiger partial charge on any atom is 0.228 e. The van der Waals surface area contributed by atoms with Crippen LogP contribution in [0.2, 0.25) is 5.02 Å². The number of fused-ring (bicyclic) bond motifs is 1. The van der Waals surface area contributed by atoms with Crippen LogP contribution in [0.25, 0.3) is 10.2 Å². The van der Waals surface area contributed by atoms with Crippen LogP contribution in [-0.4, -0.2) is 70.8 Å². The van der Waals surface area contributed by atoms with Crippen LogP contribution in [0.5, 0.6) is 0 Å². The Balaban J connectivity index is 1.79. The molecule has 0 atom stereocenters. The summed E-state index contributed by atoms with van der Waals surface area (Å²) in [5.41, 5.74) is 0.605. The molecule has 0 unspecified atom stereocenters. The van der Waals surface area contributed by atoms with Crippen LogP contribution in [0.3, 0.4) is 0 Å². The number of rotatable bonds is 12. The lowest BCUT2D eigenvalue weighted by atomic mass is 10.3. The quantitative estimate of drug-likeness (QED) is 0.319. The largest absolute Gasteiger partial charge is 0.302 e. The number of amides is 1. The third-order valence-corrected chi connectivity index (χ3v) is 10.0. The van der Waals surface area contributed by atoms with E-state index in [1.807, 2.05) is 13.8 Å². The number of hydrogen-bond donors (Lipinski definition) is 0. The molecule has 0 fully saturated rings. The van der Waals surface area contributed by atoms with E-state index in [4.69, 9.17) is 11.6 Å². The van der Waals surface area contributed by atoms with Crippen LogP contribution >= 0.6 is 22.9 Å². The van der Waals surface area contributed by atoms with Gasteiger partial charge in [-0.25, -0.2) is 21.8 Å². The average Bonchev–Trinajstić information content (AvgIpc) is 3.24. The Morgan fingerprint density at radius 3 is 2.22 bits per heavy atom. The molecule has 0 N–H and O–H groups in total.